The lowest BCUT2D eigenvalue weighted by Gasteiger charge is -2.24. The highest BCUT2D eigenvalue weighted by molar-refractivity contribution is 5.73. The number of hydrogen-bond donors (Lipinski definition) is 2. The van der Waals surface area contributed by atoms with Crippen LogP contribution in [0.2, 0.25) is 0 Å². The number of benzene rings is 2. The zero-order valence-electron chi connectivity index (χ0n) is 11.5. The summed E-state index contributed by atoms with van der Waals surface area (Å²) < 4.78 is 0. The molecule has 0 heterocycles. The van der Waals surface area contributed by atoms with Gasteiger partial charge in [0.1, 0.15) is 11.5 Å². The summed E-state index contributed by atoms with van der Waals surface area (Å²) in [6.45, 7) is 0. The van der Waals surface area contributed by atoms with Gasteiger partial charge in [0.25, 0.3) is 0 Å². The van der Waals surface area contributed by atoms with Crippen molar-refractivity contribution in [3.05, 3.63) is 48.0 Å². The van der Waals surface area contributed by atoms with E-state index in [0.717, 1.165) is 29.5 Å². The van der Waals surface area contributed by atoms with Gasteiger partial charge < -0.3 is 10.2 Å². The van der Waals surface area contributed by atoms with Crippen molar-refractivity contribution in [3.63, 3.8) is 0 Å². The first kappa shape index (κ1) is 13.0. The standard InChI is InChI=1S/C18H20O2/c19-16-12-11-15(13-7-3-1-4-8-13)18(20)17(16)14-9-5-2-6-10-14/h1,3-4,7-8,11-12,14,19-20H,2,5-6,9-10H2. The van der Waals surface area contributed by atoms with Crippen LogP contribution in [-0.4, -0.2) is 10.2 Å². The number of phenols is 2. The molecule has 0 amide bonds. The molecule has 0 unspecified atom stereocenters. The van der Waals surface area contributed by atoms with Gasteiger partial charge in [-0.1, -0.05) is 49.6 Å². The van der Waals surface area contributed by atoms with Crippen molar-refractivity contribution in [2.45, 2.75) is 38.0 Å². The van der Waals surface area contributed by atoms with Crippen molar-refractivity contribution in [2.75, 3.05) is 0 Å². The van der Waals surface area contributed by atoms with E-state index >= 15 is 0 Å². The van der Waals surface area contributed by atoms with Crippen LogP contribution in [0, 0.1) is 0 Å². The first-order chi connectivity index (χ1) is 9.77. The second-order valence-corrected chi connectivity index (χ2v) is 5.60. The predicted octanol–water partition coefficient (Wildman–Crippen LogP) is 4.81. The third-order valence-electron chi connectivity index (χ3n) is 4.29. The van der Waals surface area contributed by atoms with Crippen LogP contribution in [0.15, 0.2) is 42.5 Å². The van der Waals surface area contributed by atoms with Crippen molar-refractivity contribution in [1.29, 1.82) is 0 Å². The quantitative estimate of drug-likeness (QED) is 0.820. The molecule has 2 aromatic rings. The zero-order valence-corrected chi connectivity index (χ0v) is 11.5. The van der Waals surface area contributed by atoms with Crippen molar-refractivity contribution in [3.8, 4) is 22.6 Å². The summed E-state index contributed by atoms with van der Waals surface area (Å²) >= 11 is 0. The molecule has 0 atom stereocenters. The lowest BCUT2D eigenvalue weighted by Crippen LogP contribution is -2.05. The molecule has 2 N–H and O–H groups in total. The summed E-state index contributed by atoms with van der Waals surface area (Å²) in [7, 11) is 0. The van der Waals surface area contributed by atoms with E-state index in [0.29, 0.717) is 0 Å². The number of phenolic OH excluding ortho intramolecular Hbond substituents is 2. The number of aromatic hydroxyl groups is 2. The van der Waals surface area contributed by atoms with E-state index in [1.54, 1.807) is 12.1 Å². The van der Waals surface area contributed by atoms with Gasteiger partial charge in [-0.05, 0) is 36.5 Å². The first-order valence-corrected chi connectivity index (χ1v) is 7.37. The fourth-order valence-electron chi connectivity index (χ4n) is 3.24. The Morgan fingerprint density at radius 3 is 2.20 bits per heavy atom. The van der Waals surface area contributed by atoms with Gasteiger partial charge in [0.15, 0.2) is 0 Å². The normalized spacial score (nSPS) is 16.2. The minimum absolute atomic E-state index is 0.231. The molecule has 0 bridgehead atoms. The van der Waals surface area contributed by atoms with E-state index < -0.39 is 0 Å². The van der Waals surface area contributed by atoms with E-state index in [2.05, 4.69) is 0 Å². The molecule has 3 rings (SSSR count). The number of hydrogen-bond acceptors (Lipinski definition) is 2. The minimum Gasteiger partial charge on any atom is -0.508 e. The van der Waals surface area contributed by atoms with Crippen LogP contribution in [0.4, 0.5) is 0 Å². The van der Waals surface area contributed by atoms with Gasteiger partial charge in [-0.25, -0.2) is 0 Å². The van der Waals surface area contributed by atoms with Gasteiger partial charge in [0, 0.05) is 11.1 Å². The van der Waals surface area contributed by atoms with Crippen molar-refractivity contribution < 1.29 is 10.2 Å². The van der Waals surface area contributed by atoms with Crippen LogP contribution in [0.3, 0.4) is 0 Å². The van der Waals surface area contributed by atoms with E-state index in [1.807, 2.05) is 30.3 Å². The predicted molar refractivity (Wildman–Crippen MR) is 81.0 cm³/mol. The summed E-state index contributed by atoms with van der Waals surface area (Å²) in [4.78, 5) is 0. The molecule has 0 saturated heterocycles. The Labute approximate surface area is 119 Å². The van der Waals surface area contributed by atoms with E-state index in [9.17, 15) is 10.2 Å². The summed E-state index contributed by atoms with van der Waals surface area (Å²) in [5.74, 6) is 0.768. The molecular formula is C18H20O2. The van der Waals surface area contributed by atoms with Crippen LogP contribution in [0.25, 0.3) is 11.1 Å². The molecule has 1 fully saturated rings. The molecule has 1 aliphatic carbocycles. The van der Waals surface area contributed by atoms with Crippen LogP contribution in [0.1, 0.15) is 43.6 Å². The second kappa shape index (κ2) is 5.58. The topological polar surface area (TPSA) is 40.5 Å². The molecule has 0 aliphatic heterocycles. The summed E-state index contributed by atoms with van der Waals surface area (Å²) in [5.41, 5.74) is 2.54. The van der Waals surface area contributed by atoms with Crippen LogP contribution >= 0.6 is 0 Å². The lowest BCUT2D eigenvalue weighted by molar-refractivity contribution is 0.390. The van der Waals surface area contributed by atoms with Gasteiger partial charge in [-0.3, -0.25) is 0 Å². The molecule has 2 heteroatoms. The van der Waals surface area contributed by atoms with Gasteiger partial charge in [-0.2, -0.15) is 0 Å². The maximum Gasteiger partial charge on any atom is 0.130 e. The van der Waals surface area contributed by atoms with Gasteiger partial charge >= 0.3 is 0 Å². The van der Waals surface area contributed by atoms with Crippen LogP contribution in [0.5, 0.6) is 11.5 Å². The fraction of sp³-hybridized carbons (Fsp3) is 0.333. The Morgan fingerprint density at radius 2 is 1.50 bits per heavy atom. The molecule has 104 valence electrons. The molecule has 1 aliphatic rings. The molecule has 0 aromatic heterocycles. The van der Waals surface area contributed by atoms with Crippen molar-refractivity contribution in [1.82, 2.24) is 0 Å². The lowest BCUT2D eigenvalue weighted by atomic mass is 9.82. The van der Waals surface area contributed by atoms with Gasteiger partial charge in [-0.15, -0.1) is 0 Å². The first-order valence-electron chi connectivity index (χ1n) is 7.37. The highest BCUT2D eigenvalue weighted by atomic mass is 16.3. The van der Waals surface area contributed by atoms with Crippen LogP contribution in [-0.2, 0) is 0 Å². The SMILES string of the molecule is Oc1ccc(-c2ccccc2)c(O)c1C1CCCCC1. The Morgan fingerprint density at radius 1 is 0.800 bits per heavy atom. The van der Waals surface area contributed by atoms with E-state index in [1.165, 1.54) is 19.3 Å². The molecule has 0 spiro atoms. The third-order valence-corrected chi connectivity index (χ3v) is 4.29. The molecule has 2 nitrogen and oxygen atoms in total. The Bertz CT molecular complexity index is 584. The van der Waals surface area contributed by atoms with Crippen molar-refractivity contribution >= 4 is 0 Å². The average Bonchev–Trinajstić information content (AvgIpc) is 2.49. The second-order valence-electron chi connectivity index (χ2n) is 5.60. The smallest absolute Gasteiger partial charge is 0.130 e. The Balaban J connectivity index is 2.06. The minimum atomic E-state index is 0.231. The highest BCUT2D eigenvalue weighted by Gasteiger charge is 2.23. The maximum atomic E-state index is 10.6. The summed E-state index contributed by atoms with van der Waals surface area (Å²) in [5, 5.41) is 20.8. The molecule has 0 radical (unpaired) electrons. The summed E-state index contributed by atoms with van der Waals surface area (Å²) in [6.07, 6.45) is 5.73. The molecule has 2 aromatic carbocycles. The third kappa shape index (κ3) is 2.38. The molecular weight excluding hydrogens is 248 g/mol. The zero-order chi connectivity index (χ0) is 13.9. The number of rotatable bonds is 2. The largest absolute Gasteiger partial charge is 0.508 e. The van der Waals surface area contributed by atoms with Gasteiger partial charge in [0.05, 0.1) is 0 Å². The Hall–Kier alpha value is -1.96. The maximum absolute atomic E-state index is 10.6. The van der Waals surface area contributed by atoms with E-state index in [4.69, 9.17) is 0 Å². The fourth-order valence-corrected chi connectivity index (χ4v) is 3.24. The van der Waals surface area contributed by atoms with E-state index in [-0.39, 0.29) is 17.4 Å². The van der Waals surface area contributed by atoms with Gasteiger partial charge in [0.2, 0.25) is 0 Å². The highest BCUT2D eigenvalue weighted by Crippen LogP contribution is 2.45. The monoisotopic (exact) mass is 268 g/mol. The summed E-state index contributed by atoms with van der Waals surface area (Å²) in [6, 6.07) is 13.4. The van der Waals surface area contributed by atoms with Crippen LogP contribution < -0.4 is 0 Å². The Kier molecular flexibility index (Phi) is 3.64. The molecule has 20 heavy (non-hydrogen) atoms. The molecule has 1 saturated carbocycles. The van der Waals surface area contributed by atoms with Crippen molar-refractivity contribution in [2.24, 2.45) is 0 Å². The average molecular weight is 268 g/mol.